The first-order chi connectivity index (χ1) is 6.07. The van der Waals surface area contributed by atoms with Crippen LogP contribution in [-0.2, 0) is 7.05 Å². The van der Waals surface area contributed by atoms with Gasteiger partial charge in [0.1, 0.15) is 5.69 Å². The lowest BCUT2D eigenvalue weighted by molar-refractivity contribution is 0.738. The van der Waals surface area contributed by atoms with Crippen LogP contribution in [0.1, 0.15) is 23.9 Å². The summed E-state index contributed by atoms with van der Waals surface area (Å²) in [6.07, 6.45) is 1.76. The topological polar surface area (TPSA) is 30.2 Å². The minimum absolute atomic E-state index is 0.898. The number of rotatable bonds is 2. The maximum Gasteiger partial charge on any atom is 0.111 e. The molecule has 13 heavy (non-hydrogen) atoms. The fourth-order valence-corrected chi connectivity index (χ4v) is 1.37. The van der Waals surface area contributed by atoms with Crippen molar-refractivity contribution < 1.29 is 0 Å². The smallest absolute Gasteiger partial charge is 0.111 e. The Kier molecular flexibility index (Phi) is 2.66. The normalized spacial score (nSPS) is 11.1. The SMILES string of the molecule is C=C(C)c1c(/C=N/C)nn(C)c1C. The van der Waals surface area contributed by atoms with Gasteiger partial charge in [-0.3, -0.25) is 9.67 Å². The Labute approximate surface area is 78.8 Å². The van der Waals surface area contributed by atoms with Crippen LogP contribution in [-0.4, -0.2) is 23.0 Å². The largest absolute Gasteiger partial charge is 0.294 e. The van der Waals surface area contributed by atoms with Crippen LogP contribution in [0, 0.1) is 6.92 Å². The number of aromatic nitrogens is 2. The summed E-state index contributed by atoms with van der Waals surface area (Å²) in [7, 11) is 3.67. The molecule has 3 heteroatoms. The highest BCUT2D eigenvalue weighted by Gasteiger charge is 2.10. The third-order valence-electron chi connectivity index (χ3n) is 2.04. The second kappa shape index (κ2) is 3.56. The average molecular weight is 177 g/mol. The Morgan fingerprint density at radius 3 is 2.69 bits per heavy atom. The van der Waals surface area contributed by atoms with Gasteiger partial charge in [0.2, 0.25) is 0 Å². The monoisotopic (exact) mass is 177 g/mol. The second-order valence-electron chi connectivity index (χ2n) is 3.14. The maximum absolute atomic E-state index is 4.33. The number of hydrogen-bond donors (Lipinski definition) is 0. The third-order valence-corrected chi connectivity index (χ3v) is 2.04. The molecule has 0 saturated carbocycles. The van der Waals surface area contributed by atoms with E-state index in [2.05, 4.69) is 16.7 Å². The van der Waals surface area contributed by atoms with Crippen LogP contribution in [0.3, 0.4) is 0 Å². The van der Waals surface area contributed by atoms with Crippen molar-refractivity contribution in [2.24, 2.45) is 12.0 Å². The summed E-state index contributed by atoms with van der Waals surface area (Å²) in [5.41, 5.74) is 4.16. The van der Waals surface area contributed by atoms with Crippen molar-refractivity contribution in [2.75, 3.05) is 7.05 Å². The molecule has 0 radical (unpaired) electrons. The van der Waals surface area contributed by atoms with Gasteiger partial charge in [-0.05, 0) is 19.4 Å². The van der Waals surface area contributed by atoms with E-state index in [-0.39, 0.29) is 0 Å². The Morgan fingerprint density at radius 2 is 2.23 bits per heavy atom. The molecule has 1 rings (SSSR count). The van der Waals surface area contributed by atoms with Crippen molar-refractivity contribution in [1.82, 2.24) is 9.78 Å². The highest BCUT2D eigenvalue weighted by Crippen LogP contribution is 2.19. The third kappa shape index (κ3) is 1.69. The number of aryl methyl sites for hydroxylation is 1. The molecule has 3 nitrogen and oxygen atoms in total. The zero-order chi connectivity index (χ0) is 10.0. The van der Waals surface area contributed by atoms with Crippen LogP contribution in [0.15, 0.2) is 11.6 Å². The molecular weight excluding hydrogens is 162 g/mol. The summed E-state index contributed by atoms with van der Waals surface area (Å²) >= 11 is 0. The summed E-state index contributed by atoms with van der Waals surface area (Å²) in [5.74, 6) is 0. The first-order valence-corrected chi connectivity index (χ1v) is 4.19. The van der Waals surface area contributed by atoms with Crippen LogP contribution in [0.25, 0.3) is 5.57 Å². The molecule has 0 unspecified atom stereocenters. The molecule has 0 aromatic carbocycles. The summed E-state index contributed by atoms with van der Waals surface area (Å²) in [4.78, 5) is 3.96. The molecule has 0 aliphatic carbocycles. The Hall–Kier alpha value is -1.38. The van der Waals surface area contributed by atoms with E-state index in [1.165, 1.54) is 0 Å². The van der Waals surface area contributed by atoms with Gasteiger partial charge in [-0.2, -0.15) is 5.10 Å². The molecule has 0 aliphatic heterocycles. The standard InChI is InChI=1S/C10H15N3/c1-7(2)10-8(3)13(5)12-9(10)6-11-4/h6H,1H2,2-5H3/b11-6+. The van der Waals surface area contributed by atoms with Crippen LogP contribution < -0.4 is 0 Å². The molecule has 1 aromatic heterocycles. The highest BCUT2D eigenvalue weighted by atomic mass is 15.3. The van der Waals surface area contributed by atoms with Gasteiger partial charge in [0.15, 0.2) is 0 Å². The number of allylic oxidation sites excluding steroid dienone is 1. The van der Waals surface area contributed by atoms with Crippen molar-refractivity contribution >= 4 is 11.8 Å². The number of aliphatic imine (C=N–C) groups is 1. The minimum atomic E-state index is 0.898. The highest BCUT2D eigenvalue weighted by molar-refractivity contribution is 5.86. The molecular formula is C10H15N3. The van der Waals surface area contributed by atoms with Crippen LogP contribution in [0.5, 0.6) is 0 Å². The number of hydrogen-bond acceptors (Lipinski definition) is 2. The van der Waals surface area contributed by atoms with Crippen LogP contribution in [0.2, 0.25) is 0 Å². The van der Waals surface area contributed by atoms with Crippen molar-refractivity contribution in [1.29, 1.82) is 0 Å². The van der Waals surface area contributed by atoms with E-state index in [1.807, 2.05) is 25.6 Å². The molecule has 0 saturated heterocycles. The predicted molar refractivity (Wildman–Crippen MR) is 56.2 cm³/mol. The van der Waals surface area contributed by atoms with Gasteiger partial charge in [0.25, 0.3) is 0 Å². The zero-order valence-corrected chi connectivity index (χ0v) is 8.63. The average Bonchev–Trinajstić information content (AvgIpc) is 2.28. The van der Waals surface area contributed by atoms with Crippen molar-refractivity contribution in [3.8, 4) is 0 Å². The lowest BCUT2D eigenvalue weighted by atomic mass is 10.1. The summed E-state index contributed by atoms with van der Waals surface area (Å²) in [6, 6.07) is 0. The molecule has 0 fully saturated rings. The van der Waals surface area contributed by atoms with Gasteiger partial charge in [-0.1, -0.05) is 6.58 Å². The Bertz CT molecular complexity index is 358. The van der Waals surface area contributed by atoms with Crippen LogP contribution >= 0.6 is 0 Å². The molecule has 0 N–H and O–H groups in total. The molecule has 1 aromatic rings. The Balaban J connectivity index is 3.35. The molecule has 1 heterocycles. The maximum atomic E-state index is 4.33. The fraction of sp³-hybridized carbons (Fsp3) is 0.400. The fourth-order valence-electron chi connectivity index (χ4n) is 1.37. The zero-order valence-electron chi connectivity index (χ0n) is 8.63. The van der Waals surface area contributed by atoms with E-state index in [1.54, 1.807) is 13.3 Å². The number of nitrogens with zero attached hydrogens (tertiary/aromatic N) is 3. The van der Waals surface area contributed by atoms with Crippen molar-refractivity contribution in [3.05, 3.63) is 23.5 Å². The summed E-state index contributed by atoms with van der Waals surface area (Å²) in [6.45, 7) is 7.94. The summed E-state index contributed by atoms with van der Waals surface area (Å²) < 4.78 is 1.85. The summed E-state index contributed by atoms with van der Waals surface area (Å²) in [5, 5.41) is 4.33. The van der Waals surface area contributed by atoms with E-state index in [4.69, 9.17) is 0 Å². The molecule has 70 valence electrons. The predicted octanol–water partition coefficient (Wildman–Crippen LogP) is 1.81. The van der Waals surface area contributed by atoms with Gasteiger partial charge in [-0.25, -0.2) is 0 Å². The molecule has 0 bridgehead atoms. The molecule has 0 aliphatic rings. The lowest BCUT2D eigenvalue weighted by Gasteiger charge is -1.98. The van der Waals surface area contributed by atoms with E-state index < -0.39 is 0 Å². The van der Waals surface area contributed by atoms with Crippen molar-refractivity contribution in [2.45, 2.75) is 13.8 Å². The molecule has 0 spiro atoms. The van der Waals surface area contributed by atoms with Gasteiger partial charge < -0.3 is 0 Å². The van der Waals surface area contributed by atoms with Gasteiger partial charge >= 0.3 is 0 Å². The van der Waals surface area contributed by atoms with Gasteiger partial charge in [-0.15, -0.1) is 0 Å². The van der Waals surface area contributed by atoms with E-state index in [0.717, 1.165) is 22.5 Å². The quantitative estimate of drug-likeness (QED) is 0.634. The van der Waals surface area contributed by atoms with Crippen molar-refractivity contribution in [3.63, 3.8) is 0 Å². The lowest BCUT2D eigenvalue weighted by Crippen LogP contribution is -1.93. The Morgan fingerprint density at radius 1 is 1.62 bits per heavy atom. The first-order valence-electron chi connectivity index (χ1n) is 4.19. The van der Waals surface area contributed by atoms with Gasteiger partial charge in [0, 0.05) is 31.6 Å². The van der Waals surface area contributed by atoms with E-state index >= 15 is 0 Å². The first kappa shape index (κ1) is 9.71. The van der Waals surface area contributed by atoms with Gasteiger partial charge in [0.05, 0.1) is 0 Å². The molecule has 0 atom stereocenters. The molecule has 0 amide bonds. The van der Waals surface area contributed by atoms with E-state index in [0.29, 0.717) is 0 Å². The van der Waals surface area contributed by atoms with E-state index in [9.17, 15) is 0 Å². The minimum Gasteiger partial charge on any atom is -0.294 e. The van der Waals surface area contributed by atoms with Crippen LogP contribution in [0.4, 0.5) is 0 Å². The second-order valence-corrected chi connectivity index (χ2v) is 3.14.